The van der Waals surface area contributed by atoms with Crippen molar-refractivity contribution in [3.63, 3.8) is 0 Å². The van der Waals surface area contributed by atoms with Crippen molar-refractivity contribution < 1.29 is 19.4 Å². The van der Waals surface area contributed by atoms with Gasteiger partial charge in [0.1, 0.15) is 0 Å². The van der Waals surface area contributed by atoms with Crippen LogP contribution >= 0.6 is 0 Å². The second-order valence-corrected chi connectivity index (χ2v) is 8.87. The molecule has 4 rings (SSSR count). The zero-order valence-corrected chi connectivity index (χ0v) is 15.7. The second-order valence-electron chi connectivity index (χ2n) is 8.87. The minimum Gasteiger partial charge on any atom is -0.465 e. The lowest BCUT2D eigenvalue weighted by atomic mass is 9.78. The molecular formula is C19H31N3O4. The SMILES string of the molecule is CC1(NC(=O)C2CCN(C3CC4COCC(C3)N4C(=O)O)CC2)CCC1. The Hall–Kier alpha value is -1.34. The minimum absolute atomic E-state index is 0.0235. The van der Waals surface area contributed by atoms with Crippen LogP contribution in [0.15, 0.2) is 0 Å². The topological polar surface area (TPSA) is 82.1 Å². The molecule has 3 saturated heterocycles. The summed E-state index contributed by atoms with van der Waals surface area (Å²) in [5.74, 6) is 0.364. The Morgan fingerprint density at radius 1 is 1.08 bits per heavy atom. The fourth-order valence-corrected chi connectivity index (χ4v) is 5.26. The predicted octanol–water partition coefficient (Wildman–Crippen LogP) is 1.67. The van der Waals surface area contributed by atoms with Crippen LogP contribution in [-0.4, -0.2) is 76.9 Å². The first-order valence-corrected chi connectivity index (χ1v) is 10.1. The number of likely N-dealkylation sites (tertiary alicyclic amines) is 1. The lowest BCUT2D eigenvalue weighted by Gasteiger charge is -2.50. The standard InChI is InChI=1S/C19H31N3O4/c1-19(5-2-6-19)20-17(23)13-3-7-21(8-4-13)14-9-15-11-26-12-16(10-14)22(15)18(24)25/h13-16H,2-12H2,1H3,(H,20,23)(H,24,25). The first-order chi connectivity index (χ1) is 12.5. The van der Waals surface area contributed by atoms with E-state index < -0.39 is 6.09 Å². The highest BCUT2D eigenvalue weighted by Crippen LogP contribution is 2.34. The average Bonchev–Trinajstić information content (AvgIpc) is 2.59. The van der Waals surface area contributed by atoms with Crippen molar-refractivity contribution >= 4 is 12.0 Å². The zero-order valence-electron chi connectivity index (χ0n) is 15.7. The fourth-order valence-electron chi connectivity index (χ4n) is 5.26. The Balaban J connectivity index is 1.30. The van der Waals surface area contributed by atoms with Crippen molar-refractivity contribution in [3.8, 4) is 0 Å². The molecule has 0 aromatic carbocycles. The van der Waals surface area contributed by atoms with Gasteiger partial charge in [0.25, 0.3) is 0 Å². The largest absolute Gasteiger partial charge is 0.465 e. The summed E-state index contributed by atoms with van der Waals surface area (Å²) in [4.78, 5) is 28.2. The summed E-state index contributed by atoms with van der Waals surface area (Å²) in [5, 5.41) is 12.7. The van der Waals surface area contributed by atoms with Crippen LogP contribution in [0.2, 0.25) is 0 Å². The molecule has 0 radical (unpaired) electrons. The lowest BCUT2D eigenvalue weighted by molar-refractivity contribution is -0.130. The van der Waals surface area contributed by atoms with Gasteiger partial charge in [-0.05, 0) is 65.0 Å². The molecule has 2 N–H and O–H groups in total. The Labute approximate surface area is 155 Å². The van der Waals surface area contributed by atoms with Crippen LogP contribution < -0.4 is 5.32 Å². The number of fused-ring (bicyclic) bond motifs is 2. The summed E-state index contributed by atoms with van der Waals surface area (Å²) >= 11 is 0. The van der Waals surface area contributed by atoms with Gasteiger partial charge < -0.3 is 20.1 Å². The van der Waals surface area contributed by atoms with Gasteiger partial charge in [-0.15, -0.1) is 0 Å². The molecule has 0 aromatic rings. The molecule has 3 heterocycles. The van der Waals surface area contributed by atoms with E-state index in [4.69, 9.17) is 4.74 Å². The number of carbonyl (C=O) groups is 2. The summed E-state index contributed by atoms with van der Waals surface area (Å²) in [7, 11) is 0. The summed E-state index contributed by atoms with van der Waals surface area (Å²) in [5.41, 5.74) is 0.0370. The van der Waals surface area contributed by atoms with Crippen molar-refractivity contribution in [1.29, 1.82) is 0 Å². The summed E-state index contributed by atoms with van der Waals surface area (Å²) in [6.45, 7) is 5.05. The number of piperidine rings is 2. The van der Waals surface area contributed by atoms with E-state index in [1.807, 2.05) is 0 Å². The van der Waals surface area contributed by atoms with Crippen LogP contribution in [0.4, 0.5) is 4.79 Å². The quantitative estimate of drug-likeness (QED) is 0.795. The molecule has 4 aliphatic rings. The van der Waals surface area contributed by atoms with Gasteiger partial charge in [-0.25, -0.2) is 4.79 Å². The van der Waals surface area contributed by atoms with Gasteiger partial charge in [-0.3, -0.25) is 9.69 Å². The third-order valence-electron chi connectivity index (χ3n) is 7.02. The molecule has 1 aliphatic carbocycles. The maximum atomic E-state index is 12.5. The van der Waals surface area contributed by atoms with E-state index in [1.165, 1.54) is 6.42 Å². The first kappa shape index (κ1) is 18.0. The molecule has 7 heteroatoms. The normalized spacial score (nSPS) is 34.8. The van der Waals surface area contributed by atoms with E-state index >= 15 is 0 Å². The van der Waals surface area contributed by atoms with Crippen LogP contribution in [0.5, 0.6) is 0 Å². The number of carbonyl (C=O) groups excluding carboxylic acids is 1. The van der Waals surface area contributed by atoms with Crippen LogP contribution in [0.3, 0.4) is 0 Å². The number of hydrogen-bond acceptors (Lipinski definition) is 4. The maximum Gasteiger partial charge on any atom is 0.407 e. The van der Waals surface area contributed by atoms with E-state index in [2.05, 4.69) is 17.1 Å². The predicted molar refractivity (Wildman–Crippen MR) is 96.0 cm³/mol. The molecule has 2 amide bonds. The van der Waals surface area contributed by atoms with E-state index in [9.17, 15) is 14.7 Å². The molecule has 7 nitrogen and oxygen atoms in total. The number of hydrogen-bond donors (Lipinski definition) is 2. The molecular weight excluding hydrogens is 334 g/mol. The first-order valence-electron chi connectivity index (χ1n) is 10.1. The van der Waals surface area contributed by atoms with Gasteiger partial charge in [-0.1, -0.05) is 0 Å². The van der Waals surface area contributed by atoms with Gasteiger partial charge in [-0.2, -0.15) is 0 Å². The molecule has 2 unspecified atom stereocenters. The van der Waals surface area contributed by atoms with Crippen LogP contribution in [0.25, 0.3) is 0 Å². The summed E-state index contributed by atoms with van der Waals surface area (Å²) < 4.78 is 5.59. The van der Waals surface area contributed by atoms with Crippen LogP contribution in [0.1, 0.15) is 51.9 Å². The van der Waals surface area contributed by atoms with Gasteiger partial charge in [0.2, 0.25) is 5.91 Å². The van der Waals surface area contributed by atoms with Gasteiger partial charge in [0, 0.05) is 17.5 Å². The number of nitrogens with one attached hydrogen (secondary N) is 1. The third-order valence-corrected chi connectivity index (χ3v) is 7.02. The van der Waals surface area contributed by atoms with E-state index in [-0.39, 0.29) is 29.4 Å². The molecule has 0 aromatic heterocycles. The number of rotatable bonds is 3. The smallest absolute Gasteiger partial charge is 0.407 e. The number of carboxylic acid groups (broad SMARTS) is 1. The van der Waals surface area contributed by atoms with Crippen molar-refractivity contribution in [1.82, 2.24) is 15.1 Å². The average molecular weight is 365 g/mol. The number of ether oxygens (including phenoxy) is 1. The van der Waals surface area contributed by atoms with Gasteiger partial charge in [0.15, 0.2) is 0 Å². The van der Waals surface area contributed by atoms with Crippen LogP contribution in [0, 0.1) is 5.92 Å². The molecule has 1 saturated carbocycles. The van der Waals surface area contributed by atoms with Crippen molar-refractivity contribution in [2.75, 3.05) is 26.3 Å². The van der Waals surface area contributed by atoms with Crippen molar-refractivity contribution in [2.45, 2.75) is 75.5 Å². The Morgan fingerprint density at radius 3 is 2.19 bits per heavy atom. The highest BCUT2D eigenvalue weighted by molar-refractivity contribution is 5.79. The number of amides is 2. The Kier molecular flexibility index (Phi) is 4.86. The Bertz CT molecular complexity index is 543. The summed E-state index contributed by atoms with van der Waals surface area (Å²) in [6, 6.07) is 0.367. The molecule has 2 atom stereocenters. The highest BCUT2D eigenvalue weighted by Gasteiger charge is 2.44. The van der Waals surface area contributed by atoms with Gasteiger partial charge in [0.05, 0.1) is 25.3 Å². The van der Waals surface area contributed by atoms with Gasteiger partial charge >= 0.3 is 6.09 Å². The minimum atomic E-state index is -0.818. The van der Waals surface area contributed by atoms with Crippen molar-refractivity contribution in [3.05, 3.63) is 0 Å². The molecule has 146 valence electrons. The second kappa shape index (κ2) is 7.00. The molecule has 0 spiro atoms. The fraction of sp³-hybridized carbons (Fsp3) is 0.895. The monoisotopic (exact) mass is 365 g/mol. The Morgan fingerprint density at radius 2 is 1.69 bits per heavy atom. The maximum absolute atomic E-state index is 12.5. The molecule has 4 fully saturated rings. The third kappa shape index (κ3) is 3.43. The molecule has 2 bridgehead atoms. The highest BCUT2D eigenvalue weighted by atomic mass is 16.5. The van der Waals surface area contributed by atoms with E-state index in [0.29, 0.717) is 19.3 Å². The van der Waals surface area contributed by atoms with Crippen molar-refractivity contribution in [2.24, 2.45) is 5.92 Å². The molecule has 26 heavy (non-hydrogen) atoms. The molecule has 3 aliphatic heterocycles. The van der Waals surface area contributed by atoms with Crippen LogP contribution in [-0.2, 0) is 9.53 Å². The number of nitrogens with zero attached hydrogens (tertiary/aromatic N) is 2. The lowest BCUT2D eigenvalue weighted by Crippen LogP contribution is -2.62. The zero-order chi connectivity index (χ0) is 18.3. The van der Waals surface area contributed by atoms with E-state index in [0.717, 1.165) is 51.6 Å². The summed E-state index contributed by atoms with van der Waals surface area (Å²) in [6.07, 6.45) is 6.11. The van der Waals surface area contributed by atoms with E-state index in [1.54, 1.807) is 4.90 Å². The number of morpholine rings is 1.